The van der Waals surface area contributed by atoms with Crippen LogP contribution in [0, 0.1) is 0 Å². The van der Waals surface area contributed by atoms with E-state index in [1.165, 1.54) is 0 Å². The van der Waals surface area contributed by atoms with Crippen LogP contribution in [0.3, 0.4) is 0 Å². The molecule has 0 bridgehead atoms. The summed E-state index contributed by atoms with van der Waals surface area (Å²) in [6.07, 6.45) is -4.45. The van der Waals surface area contributed by atoms with Gasteiger partial charge >= 0.3 is 0 Å². The van der Waals surface area contributed by atoms with Crippen LogP contribution in [0.2, 0.25) is 0 Å². The monoisotopic (exact) mass is 181 g/mol. The molecule has 0 radical (unpaired) electrons. The number of aliphatic hydroxyl groups excluding tert-OH is 4. The minimum absolute atomic E-state index is 0.324. The third kappa shape index (κ3) is 1.45. The van der Waals surface area contributed by atoms with Crippen molar-refractivity contribution in [1.82, 2.24) is 0 Å². The number of ether oxygens (including phenoxy) is 1. The summed E-state index contributed by atoms with van der Waals surface area (Å²) in [6.45, 7) is -1.16. The Morgan fingerprint density at radius 3 is 2.42 bits per heavy atom. The fourth-order valence-electron chi connectivity index (χ4n) is 1.03. The first-order chi connectivity index (χ1) is 5.51. The highest BCUT2D eigenvalue weighted by Gasteiger charge is 2.47. The lowest BCUT2D eigenvalue weighted by atomic mass is 10.0. The highest BCUT2D eigenvalue weighted by Crippen LogP contribution is 2.22. The molecule has 4 atom stereocenters. The topological polar surface area (TPSA) is 110 Å². The highest BCUT2D eigenvalue weighted by atomic mass is 16.7. The van der Waals surface area contributed by atoms with Crippen LogP contribution in [0.4, 0.5) is 0 Å². The molecule has 1 aliphatic rings. The Kier molecular flexibility index (Phi) is 2.67. The van der Waals surface area contributed by atoms with Crippen molar-refractivity contribution in [2.24, 2.45) is 0 Å². The fraction of sp³-hybridized carbons (Fsp3) is 1.00. The highest BCUT2D eigenvalue weighted by molar-refractivity contribution is 4.90. The maximum atomic E-state index is 9.24. The molecule has 0 saturated carbocycles. The van der Waals surface area contributed by atoms with E-state index in [2.05, 4.69) is 4.74 Å². The summed E-state index contributed by atoms with van der Waals surface area (Å²) in [4.78, 5) is 0. The Morgan fingerprint density at radius 1 is 1.33 bits per heavy atom. The van der Waals surface area contributed by atoms with Gasteiger partial charge in [0.2, 0.25) is 5.79 Å². The van der Waals surface area contributed by atoms with Gasteiger partial charge in [-0.1, -0.05) is 0 Å². The van der Waals surface area contributed by atoms with Gasteiger partial charge in [0, 0.05) is 0 Å². The van der Waals surface area contributed by atoms with Crippen molar-refractivity contribution >= 4 is 0 Å². The van der Waals surface area contributed by atoms with Crippen LogP contribution in [0.5, 0.6) is 0 Å². The third-order valence-corrected chi connectivity index (χ3v) is 1.91. The lowest BCUT2D eigenvalue weighted by molar-refractivity contribution is -0.331. The van der Waals surface area contributed by atoms with Gasteiger partial charge in [0.15, 0.2) is 0 Å². The van der Waals surface area contributed by atoms with E-state index < -0.39 is 30.7 Å². The first-order valence-electron chi connectivity index (χ1n) is 3.52. The first-order valence-corrected chi connectivity index (χ1v) is 3.52. The molecular weight excluding hydrogens is 169 g/mol. The Balaban J connectivity index is 2.71. The lowest BCUT2D eigenvalue weighted by Crippen LogP contribution is -2.62. The summed E-state index contributed by atoms with van der Waals surface area (Å²) >= 11 is 0. The van der Waals surface area contributed by atoms with Crippen LogP contribution in [0.15, 0.2) is 0 Å². The van der Waals surface area contributed by atoms with Gasteiger partial charge in [-0.3, -0.25) is 0 Å². The van der Waals surface area contributed by atoms with E-state index >= 15 is 0 Å². The zero-order valence-electron chi connectivity index (χ0n) is 6.29. The van der Waals surface area contributed by atoms with Crippen LogP contribution < -0.4 is 0 Å². The van der Waals surface area contributed by atoms with Gasteiger partial charge < -0.3 is 30.3 Å². The minimum Gasteiger partial charge on any atom is -0.391 e. The Hall–Kier alpha value is -0.240. The molecule has 0 amide bonds. The summed E-state index contributed by atoms with van der Waals surface area (Å²) < 4.78 is 4.56. The van der Waals surface area contributed by atoms with Crippen LogP contribution in [0.25, 0.3) is 0 Å². The predicted octanol–water partition coefficient (Wildman–Crippen LogP) is -3.22. The maximum Gasteiger partial charge on any atom is 0.218 e. The molecule has 72 valence electrons. The molecule has 1 fully saturated rings. The third-order valence-electron chi connectivity index (χ3n) is 1.91. The predicted molar refractivity (Wildman–Crippen MR) is 36.0 cm³/mol. The maximum absolute atomic E-state index is 9.24. The van der Waals surface area contributed by atoms with Crippen molar-refractivity contribution in [3.8, 4) is 0 Å². The van der Waals surface area contributed by atoms with E-state index in [4.69, 9.17) is 20.4 Å². The second kappa shape index (κ2) is 3.25. The largest absolute Gasteiger partial charge is 0.391 e. The Morgan fingerprint density at radius 2 is 1.92 bits per heavy atom. The van der Waals surface area contributed by atoms with E-state index in [9.17, 15) is 5.11 Å². The molecule has 5 N–H and O–H groups in total. The van der Waals surface area contributed by atoms with Crippen molar-refractivity contribution in [2.45, 2.75) is 24.1 Å². The molecule has 0 aliphatic carbocycles. The van der Waals surface area contributed by atoms with Crippen molar-refractivity contribution < 1.29 is 30.3 Å². The second-order valence-electron chi connectivity index (χ2n) is 2.82. The van der Waals surface area contributed by atoms with Crippen LogP contribution in [-0.2, 0) is 4.74 Å². The zero-order valence-corrected chi connectivity index (χ0v) is 6.29. The van der Waals surface area contributed by atoms with Crippen LogP contribution in [0.1, 0.15) is 0 Å². The molecule has 1 unspecified atom stereocenters. The summed E-state index contributed by atoms with van der Waals surface area (Å²) in [6, 6.07) is 0. The van der Waals surface area contributed by atoms with Gasteiger partial charge in [0.1, 0.15) is 18.3 Å². The molecule has 6 nitrogen and oxygen atoms in total. The van der Waals surface area contributed by atoms with E-state index in [1.807, 2.05) is 0 Å². The van der Waals surface area contributed by atoms with Crippen molar-refractivity contribution in [3.63, 3.8) is 0 Å². The van der Waals surface area contributed by atoms with E-state index in [-0.39, 0.29) is 6.61 Å². The summed E-state index contributed by atoms with van der Waals surface area (Å²) in [7, 11) is 0. The molecule has 12 heavy (non-hydrogen) atoms. The minimum atomic E-state index is -2.17. The summed E-state index contributed by atoms with van der Waals surface area (Å²) in [5.41, 5.74) is 0. The fourth-order valence-corrected chi connectivity index (χ4v) is 1.03. The molecule has 1 saturated heterocycles. The van der Waals surface area contributed by atoms with E-state index in [0.29, 0.717) is 0 Å². The zero-order chi connectivity index (χ0) is 9.35. The SMILES string of the molecule is OCC1(O)O[13CH2][C@H](O)[C@@H](O)[C@@H]1O. The molecule has 0 aromatic carbocycles. The number of aliphatic hydroxyl groups is 5. The first kappa shape index (κ1) is 9.85. The van der Waals surface area contributed by atoms with Gasteiger partial charge in [0.25, 0.3) is 0 Å². The van der Waals surface area contributed by atoms with Gasteiger partial charge in [-0.25, -0.2) is 0 Å². The van der Waals surface area contributed by atoms with Crippen LogP contribution in [-0.4, -0.2) is 62.8 Å². The van der Waals surface area contributed by atoms with Gasteiger partial charge in [-0.15, -0.1) is 0 Å². The quantitative estimate of drug-likeness (QED) is 0.272. The molecule has 0 spiro atoms. The summed E-state index contributed by atoms with van der Waals surface area (Å²) in [5, 5.41) is 45.0. The van der Waals surface area contributed by atoms with Crippen molar-refractivity contribution in [1.29, 1.82) is 0 Å². The van der Waals surface area contributed by atoms with Gasteiger partial charge in [-0.05, 0) is 0 Å². The van der Waals surface area contributed by atoms with Gasteiger partial charge in [-0.2, -0.15) is 0 Å². The lowest BCUT2D eigenvalue weighted by Gasteiger charge is -2.40. The summed E-state index contributed by atoms with van der Waals surface area (Å²) in [5.74, 6) is -2.17. The molecule has 1 aliphatic heterocycles. The number of hydrogen-bond donors (Lipinski definition) is 5. The van der Waals surface area contributed by atoms with E-state index in [0.717, 1.165) is 0 Å². The molecule has 0 aromatic rings. The molecule has 1 heterocycles. The molecular formula is C6H12O6. The number of rotatable bonds is 1. The van der Waals surface area contributed by atoms with Crippen LogP contribution >= 0.6 is 0 Å². The Labute approximate surface area is 68.6 Å². The standard InChI is InChI=1S/C6H12O6/c7-2-6(11)5(10)4(9)3(8)1-12-6/h3-5,7-11H,1-2H2/t3-,4+,5-,6?/m0/s1/i1+1. The Bertz CT molecular complexity index is 162. The van der Waals surface area contributed by atoms with Gasteiger partial charge in [0.05, 0.1) is 13.2 Å². The average molecular weight is 181 g/mol. The molecule has 0 aromatic heterocycles. The molecule has 6 heteroatoms. The molecule has 1 rings (SSSR count). The van der Waals surface area contributed by atoms with Crippen molar-refractivity contribution in [2.75, 3.05) is 13.2 Å². The second-order valence-corrected chi connectivity index (χ2v) is 2.82. The smallest absolute Gasteiger partial charge is 0.218 e. The normalized spacial score (nSPS) is 49.2. The number of hydrogen-bond acceptors (Lipinski definition) is 6. The van der Waals surface area contributed by atoms with E-state index in [1.54, 1.807) is 0 Å². The average Bonchev–Trinajstić information content (AvgIpc) is 2.09. The van der Waals surface area contributed by atoms with Crippen molar-refractivity contribution in [3.05, 3.63) is 0 Å².